The molecule has 1 atom stereocenters. The van der Waals surface area contributed by atoms with Gasteiger partial charge in [0.15, 0.2) is 0 Å². The van der Waals surface area contributed by atoms with Gasteiger partial charge in [0, 0.05) is 0 Å². The molecule has 0 radical (unpaired) electrons. The highest BCUT2D eigenvalue weighted by molar-refractivity contribution is 8.20. The molecular formula is C20H30O2S4. The molecule has 2 fully saturated rings. The lowest BCUT2D eigenvalue weighted by molar-refractivity contribution is 0.0228. The summed E-state index contributed by atoms with van der Waals surface area (Å²) < 4.78 is 6.23. The van der Waals surface area contributed by atoms with Gasteiger partial charge >= 0.3 is 0 Å². The second kappa shape index (κ2) is 10.4. The first kappa shape index (κ1) is 21.3. The third-order valence-corrected chi connectivity index (χ3v) is 11.3. The van der Waals surface area contributed by atoms with Gasteiger partial charge in [0.1, 0.15) is 0 Å². The topological polar surface area (TPSA) is 29.5 Å². The summed E-state index contributed by atoms with van der Waals surface area (Å²) in [5, 5.41) is 10.7. The van der Waals surface area contributed by atoms with Gasteiger partial charge in [0.2, 0.25) is 0 Å². The van der Waals surface area contributed by atoms with E-state index < -0.39 is 0 Å². The number of ether oxygens (including phenoxy) is 1. The summed E-state index contributed by atoms with van der Waals surface area (Å²) >= 11 is 8.41. The van der Waals surface area contributed by atoms with Crippen LogP contribution in [0.15, 0.2) is 30.3 Å². The van der Waals surface area contributed by atoms with Crippen LogP contribution in [0.3, 0.4) is 0 Å². The van der Waals surface area contributed by atoms with E-state index in [0.29, 0.717) is 17.3 Å². The summed E-state index contributed by atoms with van der Waals surface area (Å²) in [7, 11) is 0. The molecular weight excluding hydrogens is 400 g/mol. The van der Waals surface area contributed by atoms with E-state index in [1.807, 2.05) is 18.2 Å². The van der Waals surface area contributed by atoms with Crippen molar-refractivity contribution < 1.29 is 9.84 Å². The Balaban J connectivity index is 1.53. The Kier molecular flexibility index (Phi) is 8.46. The SMILES string of the molecule is CC1(CC2(C[C@@H](O)COCc3ccccc3)SCCCS2)SCCCS1. The zero-order chi connectivity index (χ0) is 18.3. The minimum absolute atomic E-state index is 0.139. The number of aliphatic hydroxyl groups is 1. The first-order chi connectivity index (χ1) is 12.6. The molecule has 0 saturated carbocycles. The molecule has 0 unspecified atom stereocenters. The normalized spacial score (nSPS) is 23.5. The predicted molar refractivity (Wildman–Crippen MR) is 122 cm³/mol. The molecule has 2 nitrogen and oxygen atoms in total. The van der Waals surface area contributed by atoms with Crippen LogP contribution in [0.2, 0.25) is 0 Å². The number of thioether (sulfide) groups is 4. The van der Waals surface area contributed by atoms with Crippen molar-refractivity contribution in [2.45, 2.75) is 53.5 Å². The van der Waals surface area contributed by atoms with Crippen LogP contribution in [0.4, 0.5) is 0 Å². The summed E-state index contributed by atoms with van der Waals surface area (Å²) in [6.07, 6.45) is 4.22. The molecule has 6 heteroatoms. The number of hydrogen-bond acceptors (Lipinski definition) is 6. The largest absolute Gasteiger partial charge is 0.391 e. The lowest BCUT2D eigenvalue weighted by Crippen LogP contribution is -2.38. The van der Waals surface area contributed by atoms with Crippen molar-refractivity contribution in [3.8, 4) is 0 Å². The lowest BCUT2D eigenvalue weighted by atomic mass is 10.1. The average molecular weight is 431 g/mol. The summed E-state index contributed by atoms with van der Waals surface area (Å²) in [5.41, 5.74) is 1.17. The molecule has 0 amide bonds. The zero-order valence-electron chi connectivity index (χ0n) is 15.5. The third-order valence-electron chi connectivity index (χ3n) is 4.68. The monoisotopic (exact) mass is 430 g/mol. The number of aliphatic hydroxyl groups excluding tert-OH is 1. The molecule has 3 rings (SSSR count). The van der Waals surface area contributed by atoms with E-state index in [1.54, 1.807) is 0 Å². The summed E-state index contributed by atoms with van der Waals surface area (Å²) in [6.45, 7) is 3.42. The summed E-state index contributed by atoms with van der Waals surface area (Å²) in [4.78, 5) is 0. The van der Waals surface area contributed by atoms with Crippen molar-refractivity contribution in [2.24, 2.45) is 0 Å². The van der Waals surface area contributed by atoms with E-state index in [1.165, 1.54) is 47.8 Å². The first-order valence-corrected chi connectivity index (χ1v) is 13.4. The Labute approximate surface area is 175 Å². The van der Waals surface area contributed by atoms with Crippen LogP contribution in [0, 0.1) is 0 Å². The van der Waals surface area contributed by atoms with Crippen LogP contribution in [0.1, 0.15) is 38.2 Å². The highest BCUT2D eigenvalue weighted by Gasteiger charge is 2.43. The Hall–Kier alpha value is 0.540. The maximum absolute atomic E-state index is 10.7. The van der Waals surface area contributed by atoms with Crippen LogP contribution in [-0.4, -0.2) is 49.0 Å². The quantitative estimate of drug-likeness (QED) is 0.586. The van der Waals surface area contributed by atoms with E-state index in [9.17, 15) is 5.11 Å². The van der Waals surface area contributed by atoms with Gasteiger partial charge in [0.25, 0.3) is 0 Å². The molecule has 1 aromatic carbocycles. The van der Waals surface area contributed by atoms with Crippen molar-refractivity contribution >= 4 is 47.0 Å². The van der Waals surface area contributed by atoms with Crippen LogP contribution >= 0.6 is 47.0 Å². The Bertz CT molecular complexity index is 528. The van der Waals surface area contributed by atoms with Gasteiger partial charge in [-0.15, -0.1) is 47.0 Å². The maximum atomic E-state index is 10.7. The molecule has 2 aliphatic heterocycles. The van der Waals surface area contributed by atoms with Crippen molar-refractivity contribution in [3.63, 3.8) is 0 Å². The smallest absolute Gasteiger partial charge is 0.0795 e. The van der Waals surface area contributed by atoms with Crippen molar-refractivity contribution in [3.05, 3.63) is 35.9 Å². The standard InChI is InChI=1S/C20H30O2S4/c1-19(23-9-5-10-24-19)16-20(25-11-6-12-26-20)13-18(21)15-22-14-17-7-3-2-4-8-17/h2-4,7-8,18,21H,5-6,9-16H2,1H3/t18-/m1/s1. The van der Waals surface area contributed by atoms with E-state index in [0.717, 1.165) is 6.42 Å². The highest BCUT2D eigenvalue weighted by Crippen LogP contribution is 2.56. The first-order valence-electron chi connectivity index (χ1n) is 9.45. The maximum Gasteiger partial charge on any atom is 0.0795 e. The van der Waals surface area contributed by atoms with Gasteiger partial charge in [-0.3, -0.25) is 0 Å². The molecule has 2 aliphatic rings. The molecule has 0 bridgehead atoms. The van der Waals surface area contributed by atoms with Gasteiger partial charge in [-0.2, -0.15) is 0 Å². The highest BCUT2D eigenvalue weighted by atomic mass is 32.2. The minimum Gasteiger partial charge on any atom is -0.391 e. The molecule has 1 aromatic rings. The Morgan fingerprint density at radius 2 is 1.62 bits per heavy atom. The van der Waals surface area contributed by atoms with Crippen LogP contribution in [0.5, 0.6) is 0 Å². The fourth-order valence-electron chi connectivity index (χ4n) is 3.48. The van der Waals surface area contributed by atoms with E-state index in [4.69, 9.17) is 4.74 Å². The molecule has 0 aromatic heterocycles. The fourth-order valence-corrected chi connectivity index (χ4v) is 10.7. The Morgan fingerprint density at radius 1 is 1.00 bits per heavy atom. The third kappa shape index (κ3) is 6.56. The Morgan fingerprint density at radius 3 is 2.27 bits per heavy atom. The van der Waals surface area contributed by atoms with Gasteiger partial charge < -0.3 is 9.84 Å². The van der Waals surface area contributed by atoms with Crippen LogP contribution in [0.25, 0.3) is 0 Å². The van der Waals surface area contributed by atoms with Gasteiger partial charge in [0.05, 0.1) is 27.5 Å². The van der Waals surface area contributed by atoms with E-state index >= 15 is 0 Å². The van der Waals surface area contributed by atoms with Crippen LogP contribution in [-0.2, 0) is 11.3 Å². The van der Waals surface area contributed by atoms with Gasteiger partial charge in [-0.25, -0.2) is 0 Å². The van der Waals surface area contributed by atoms with Gasteiger partial charge in [-0.05, 0) is 61.2 Å². The van der Waals surface area contributed by atoms with Crippen LogP contribution < -0.4 is 0 Å². The lowest BCUT2D eigenvalue weighted by Gasteiger charge is -2.44. The molecule has 26 heavy (non-hydrogen) atoms. The van der Waals surface area contributed by atoms with Gasteiger partial charge in [-0.1, -0.05) is 30.3 Å². The summed E-state index contributed by atoms with van der Waals surface area (Å²) in [5.74, 6) is 4.99. The second-order valence-corrected chi connectivity index (χ2v) is 13.9. The average Bonchev–Trinajstić information content (AvgIpc) is 2.63. The second-order valence-electron chi connectivity index (χ2n) is 7.18. The summed E-state index contributed by atoms with van der Waals surface area (Å²) in [6, 6.07) is 10.2. The molecule has 1 N–H and O–H groups in total. The zero-order valence-corrected chi connectivity index (χ0v) is 18.8. The van der Waals surface area contributed by atoms with Crippen molar-refractivity contribution in [2.75, 3.05) is 29.6 Å². The molecule has 146 valence electrons. The molecule has 2 heterocycles. The number of hydrogen-bond donors (Lipinski definition) is 1. The molecule has 0 spiro atoms. The number of rotatable bonds is 8. The van der Waals surface area contributed by atoms with Crippen molar-refractivity contribution in [1.82, 2.24) is 0 Å². The van der Waals surface area contributed by atoms with Crippen molar-refractivity contribution in [1.29, 1.82) is 0 Å². The predicted octanol–water partition coefficient (Wildman–Crippen LogP) is 5.50. The molecule has 2 saturated heterocycles. The van der Waals surface area contributed by atoms with E-state index in [-0.39, 0.29) is 10.2 Å². The number of benzene rings is 1. The van der Waals surface area contributed by atoms with E-state index in [2.05, 4.69) is 66.1 Å². The minimum atomic E-state index is -0.390. The molecule has 0 aliphatic carbocycles. The fraction of sp³-hybridized carbons (Fsp3) is 0.700.